The zero-order valence-electron chi connectivity index (χ0n) is 20.5. The lowest BCUT2D eigenvalue weighted by Gasteiger charge is -2.27. The second kappa shape index (κ2) is 9.88. The Morgan fingerprint density at radius 1 is 1.31 bits per heavy atom. The Hall–Kier alpha value is -3.47. The van der Waals surface area contributed by atoms with Gasteiger partial charge in [0.15, 0.2) is 0 Å². The van der Waals surface area contributed by atoms with Crippen LogP contribution in [0.1, 0.15) is 50.0 Å². The maximum absolute atomic E-state index is 14.3. The minimum absolute atomic E-state index is 0.0653. The molecule has 1 saturated heterocycles. The van der Waals surface area contributed by atoms with Crippen molar-refractivity contribution in [2.45, 2.75) is 63.2 Å². The second-order valence-corrected chi connectivity index (χ2v) is 10.4. The number of rotatable bonds is 10. The van der Waals surface area contributed by atoms with Gasteiger partial charge in [0.05, 0.1) is 18.5 Å². The fraction of sp³-hybridized carbons (Fsp3) is 0.520. The van der Waals surface area contributed by atoms with Crippen LogP contribution in [0.5, 0.6) is 5.75 Å². The third-order valence-electron chi connectivity index (χ3n) is 6.92. The summed E-state index contributed by atoms with van der Waals surface area (Å²) in [6.07, 6.45) is 3.19. The Balaban J connectivity index is 1.49. The first-order valence-electron chi connectivity index (χ1n) is 12.0. The van der Waals surface area contributed by atoms with Crippen molar-refractivity contribution in [3.63, 3.8) is 0 Å². The average Bonchev–Trinajstić information content (AvgIpc) is 3.44. The van der Waals surface area contributed by atoms with E-state index in [-0.39, 0.29) is 23.0 Å². The highest BCUT2D eigenvalue weighted by molar-refractivity contribution is 6.01. The summed E-state index contributed by atoms with van der Waals surface area (Å²) in [5.41, 5.74) is 5.96. The van der Waals surface area contributed by atoms with Gasteiger partial charge in [0.1, 0.15) is 35.6 Å². The molecular formula is C25H32FN5O5. The van der Waals surface area contributed by atoms with Gasteiger partial charge in [-0.05, 0) is 50.8 Å². The number of aromatic amines is 1. The zero-order chi connectivity index (χ0) is 26.2. The van der Waals surface area contributed by atoms with Crippen molar-refractivity contribution in [1.82, 2.24) is 20.9 Å². The Bertz CT molecular complexity index is 1190. The molecule has 1 aliphatic heterocycles. The first kappa shape index (κ1) is 25.6. The van der Waals surface area contributed by atoms with Crippen LogP contribution in [-0.2, 0) is 14.4 Å². The summed E-state index contributed by atoms with van der Waals surface area (Å²) in [7, 11) is 1.44. The highest BCUT2D eigenvalue weighted by atomic mass is 19.1. The van der Waals surface area contributed by atoms with Gasteiger partial charge < -0.3 is 36.2 Å². The molecule has 3 unspecified atom stereocenters. The summed E-state index contributed by atoms with van der Waals surface area (Å²) in [5.74, 6) is -1.94. The van der Waals surface area contributed by atoms with E-state index in [2.05, 4.69) is 20.9 Å². The molecule has 2 fully saturated rings. The van der Waals surface area contributed by atoms with Crippen molar-refractivity contribution >= 4 is 34.9 Å². The van der Waals surface area contributed by atoms with Crippen LogP contribution in [0, 0.1) is 17.7 Å². The molecule has 1 aromatic carbocycles. The monoisotopic (exact) mass is 501 g/mol. The van der Waals surface area contributed by atoms with Crippen molar-refractivity contribution in [1.29, 1.82) is 0 Å². The smallest absolute Gasteiger partial charge is 0.268 e. The Morgan fingerprint density at radius 2 is 2.03 bits per heavy atom. The minimum Gasteiger partial charge on any atom is -0.496 e. The quantitative estimate of drug-likeness (QED) is 0.308. The molecule has 2 heterocycles. The number of aldehydes is 1. The van der Waals surface area contributed by atoms with Gasteiger partial charge in [0.2, 0.25) is 11.8 Å². The van der Waals surface area contributed by atoms with Crippen LogP contribution in [0.2, 0.25) is 0 Å². The van der Waals surface area contributed by atoms with E-state index in [1.54, 1.807) is 0 Å². The van der Waals surface area contributed by atoms with Crippen molar-refractivity contribution < 1.29 is 28.3 Å². The molecule has 1 saturated carbocycles. The van der Waals surface area contributed by atoms with E-state index in [9.17, 15) is 23.6 Å². The summed E-state index contributed by atoms with van der Waals surface area (Å²) in [6.45, 7) is 3.72. The van der Waals surface area contributed by atoms with Crippen LogP contribution in [-0.4, -0.2) is 59.8 Å². The van der Waals surface area contributed by atoms with Crippen molar-refractivity contribution in [2.24, 2.45) is 17.6 Å². The van der Waals surface area contributed by atoms with Crippen molar-refractivity contribution in [2.75, 3.05) is 7.11 Å². The molecule has 0 radical (unpaired) electrons. The lowest BCUT2D eigenvalue weighted by atomic mass is 9.88. The number of nitrogens with two attached hydrogens (primary N) is 1. The number of hydrogen-bond acceptors (Lipinski definition) is 6. The fourth-order valence-electron chi connectivity index (χ4n) is 4.78. The molecular weight excluding hydrogens is 469 g/mol. The molecule has 11 heteroatoms. The predicted octanol–water partition coefficient (Wildman–Crippen LogP) is 1.14. The topological polar surface area (TPSA) is 155 Å². The number of aromatic nitrogens is 1. The van der Waals surface area contributed by atoms with Gasteiger partial charge in [-0.2, -0.15) is 0 Å². The molecule has 2 aromatic rings. The summed E-state index contributed by atoms with van der Waals surface area (Å²) in [4.78, 5) is 53.1. The molecule has 194 valence electrons. The van der Waals surface area contributed by atoms with E-state index in [0.29, 0.717) is 30.3 Å². The Morgan fingerprint density at radius 3 is 2.61 bits per heavy atom. The normalized spacial score (nSPS) is 21.4. The fourth-order valence-corrected chi connectivity index (χ4v) is 4.78. The van der Waals surface area contributed by atoms with Gasteiger partial charge in [0, 0.05) is 17.0 Å². The van der Waals surface area contributed by atoms with Gasteiger partial charge in [0.25, 0.3) is 5.91 Å². The third kappa shape index (κ3) is 5.35. The molecule has 1 aliphatic carbocycles. The summed E-state index contributed by atoms with van der Waals surface area (Å²) >= 11 is 0. The molecule has 36 heavy (non-hydrogen) atoms. The van der Waals surface area contributed by atoms with Gasteiger partial charge in [-0.25, -0.2) is 4.39 Å². The predicted molar refractivity (Wildman–Crippen MR) is 130 cm³/mol. The summed E-state index contributed by atoms with van der Waals surface area (Å²) in [5, 5.41) is 8.55. The van der Waals surface area contributed by atoms with Crippen molar-refractivity contribution in [3.8, 4) is 5.75 Å². The highest BCUT2D eigenvalue weighted by Crippen LogP contribution is 2.34. The number of methoxy groups -OCH3 is 1. The maximum Gasteiger partial charge on any atom is 0.268 e. The molecule has 10 nitrogen and oxygen atoms in total. The highest BCUT2D eigenvalue weighted by Gasteiger charge is 2.43. The van der Waals surface area contributed by atoms with Gasteiger partial charge >= 0.3 is 0 Å². The third-order valence-corrected chi connectivity index (χ3v) is 6.92. The standard InChI is InChI=1S/C25H32FN5O5/c1-25(2)10-14(22(33)31-25)20(27)18(11-32)30-23(34)16(8-12-4-5-12)29-24(35)17-9-13-19(36-3)7-6-15(26)21(13)28-17/h6-7,9,11-12,14,16,18,20,28H,4-5,8,10,27H2,1-3H3,(H,29,35)(H,30,34)(H,31,33)/t14-,16?,18?,20?/m1/s1. The molecule has 2 aliphatic rings. The number of carbonyl (C=O) groups excluding carboxylic acids is 4. The average molecular weight is 502 g/mol. The SMILES string of the molecule is COc1ccc(F)c2[nH]c(C(=O)NC(CC3CC3)C(=O)NC(C=O)C(N)[C@H]3CC(C)(C)NC3=O)cc12. The van der Waals surface area contributed by atoms with Gasteiger partial charge in [-0.3, -0.25) is 14.4 Å². The van der Waals surface area contributed by atoms with E-state index in [1.165, 1.54) is 25.3 Å². The number of ether oxygens (including phenoxy) is 1. The van der Waals surface area contributed by atoms with E-state index in [1.807, 2.05) is 13.8 Å². The number of halogens is 1. The molecule has 0 bridgehead atoms. The molecule has 0 spiro atoms. The van der Waals surface area contributed by atoms with Gasteiger partial charge in [-0.1, -0.05) is 12.8 Å². The van der Waals surface area contributed by atoms with E-state index >= 15 is 0 Å². The lowest BCUT2D eigenvalue weighted by Crippen LogP contribution is -2.57. The zero-order valence-corrected chi connectivity index (χ0v) is 20.5. The van der Waals surface area contributed by atoms with Crippen LogP contribution in [0.3, 0.4) is 0 Å². The first-order valence-corrected chi connectivity index (χ1v) is 12.0. The minimum atomic E-state index is -1.10. The number of H-pyrrole nitrogens is 1. The number of benzene rings is 1. The molecule has 4 rings (SSSR count). The van der Waals surface area contributed by atoms with E-state index in [0.717, 1.165) is 12.8 Å². The molecule has 4 atom stereocenters. The summed E-state index contributed by atoms with van der Waals surface area (Å²) in [6, 6.07) is 1.19. The van der Waals surface area contributed by atoms with Crippen LogP contribution in [0.4, 0.5) is 4.39 Å². The van der Waals surface area contributed by atoms with Crippen LogP contribution in [0.15, 0.2) is 18.2 Å². The first-order chi connectivity index (χ1) is 17.0. The van der Waals surface area contributed by atoms with Crippen LogP contribution in [0.25, 0.3) is 10.9 Å². The lowest BCUT2D eigenvalue weighted by molar-refractivity contribution is -0.128. The van der Waals surface area contributed by atoms with Gasteiger partial charge in [-0.15, -0.1) is 0 Å². The van der Waals surface area contributed by atoms with Crippen molar-refractivity contribution in [3.05, 3.63) is 29.7 Å². The maximum atomic E-state index is 14.3. The summed E-state index contributed by atoms with van der Waals surface area (Å²) < 4.78 is 19.5. The largest absolute Gasteiger partial charge is 0.496 e. The van der Waals surface area contributed by atoms with E-state index < -0.39 is 47.2 Å². The molecule has 3 amide bonds. The number of amides is 3. The number of hydrogen-bond donors (Lipinski definition) is 5. The van der Waals surface area contributed by atoms with E-state index in [4.69, 9.17) is 10.5 Å². The van der Waals surface area contributed by atoms with Crippen LogP contribution >= 0.6 is 0 Å². The molecule has 1 aromatic heterocycles. The molecule has 6 N–H and O–H groups in total. The Kier molecular flexibility index (Phi) is 7.03. The second-order valence-electron chi connectivity index (χ2n) is 10.4. The number of carbonyl (C=O) groups is 4. The number of fused-ring (bicyclic) bond motifs is 1. The number of nitrogens with one attached hydrogen (secondary N) is 4. The Labute approximate surface area is 207 Å². The van der Waals surface area contributed by atoms with Crippen LogP contribution < -0.4 is 26.4 Å².